The van der Waals surface area contributed by atoms with Gasteiger partial charge in [0.25, 0.3) is 0 Å². The van der Waals surface area contributed by atoms with Crippen molar-refractivity contribution >= 4 is 17.7 Å². The van der Waals surface area contributed by atoms with Gasteiger partial charge < -0.3 is 34.1 Å². The Balaban J connectivity index is 1.67. The third kappa shape index (κ3) is 5.42. The SMILES string of the molecule is C=CCOC(=O)[C@H]1O[C@@H](OC(=O)Cc2ccc(C(=O)c3ccc(C)cc3)n2C)[C@@H](O)[C@H](O)[C@@H]1O. The number of nitrogens with zero attached hydrogens (tertiary/aromatic N) is 1. The van der Waals surface area contributed by atoms with Gasteiger partial charge in [-0.1, -0.05) is 42.5 Å². The van der Waals surface area contributed by atoms with Crippen LogP contribution >= 0.6 is 0 Å². The molecule has 0 bridgehead atoms. The predicted octanol–water partition coefficient (Wildman–Crippen LogP) is 0.187. The van der Waals surface area contributed by atoms with Gasteiger partial charge in [-0.15, -0.1) is 0 Å². The Bertz CT molecular complexity index is 1060. The molecular formula is C24H27NO9. The Morgan fingerprint density at radius 1 is 1.06 bits per heavy atom. The summed E-state index contributed by atoms with van der Waals surface area (Å²) in [5.41, 5.74) is 2.34. The molecular weight excluding hydrogens is 446 g/mol. The number of aliphatic hydroxyl groups excluding tert-OH is 3. The molecule has 2 aromatic rings. The van der Waals surface area contributed by atoms with Crippen LogP contribution in [-0.4, -0.2) is 74.9 Å². The minimum Gasteiger partial charge on any atom is -0.459 e. The van der Waals surface area contributed by atoms with Gasteiger partial charge in [0.1, 0.15) is 24.9 Å². The molecule has 182 valence electrons. The van der Waals surface area contributed by atoms with Crippen molar-refractivity contribution in [2.75, 3.05) is 6.61 Å². The van der Waals surface area contributed by atoms with Crippen LogP contribution in [0.5, 0.6) is 0 Å². The molecule has 3 N–H and O–H groups in total. The van der Waals surface area contributed by atoms with Crippen LogP contribution in [0.2, 0.25) is 0 Å². The first-order chi connectivity index (χ1) is 16.1. The smallest absolute Gasteiger partial charge is 0.338 e. The van der Waals surface area contributed by atoms with E-state index < -0.39 is 42.6 Å². The van der Waals surface area contributed by atoms with Gasteiger partial charge >= 0.3 is 11.9 Å². The Morgan fingerprint density at radius 3 is 2.38 bits per heavy atom. The van der Waals surface area contributed by atoms with E-state index in [-0.39, 0.29) is 18.8 Å². The van der Waals surface area contributed by atoms with Crippen molar-refractivity contribution < 1.29 is 43.9 Å². The van der Waals surface area contributed by atoms with Gasteiger partial charge in [-0.25, -0.2) is 4.79 Å². The largest absolute Gasteiger partial charge is 0.459 e. The number of aryl methyl sites for hydroxylation is 1. The highest BCUT2D eigenvalue weighted by Crippen LogP contribution is 2.24. The lowest BCUT2D eigenvalue weighted by molar-refractivity contribution is -0.287. The van der Waals surface area contributed by atoms with E-state index >= 15 is 0 Å². The zero-order chi connectivity index (χ0) is 25.0. The Hall–Kier alpha value is -3.31. The number of esters is 2. The minimum atomic E-state index is -1.82. The first-order valence-electron chi connectivity index (χ1n) is 10.6. The van der Waals surface area contributed by atoms with E-state index in [1.54, 1.807) is 35.9 Å². The molecule has 1 aliphatic rings. The number of rotatable bonds is 8. The fraction of sp³-hybridized carbons (Fsp3) is 0.375. The van der Waals surface area contributed by atoms with E-state index in [0.717, 1.165) is 5.56 Å². The zero-order valence-electron chi connectivity index (χ0n) is 18.8. The molecule has 2 heterocycles. The number of ketones is 1. The second-order valence-electron chi connectivity index (χ2n) is 7.95. The van der Waals surface area contributed by atoms with Crippen molar-refractivity contribution in [3.63, 3.8) is 0 Å². The number of benzene rings is 1. The summed E-state index contributed by atoms with van der Waals surface area (Å²) < 4.78 is 16.7. The molecule has 3 rings (SSSR count). The quantitative estimate of drug-likeness (QED) is 0.278. The molecule has 1 aromatic carbocycles. The fourth-order valence-electron chi connectivity index (χ4n) is 3.49. The van der Waals surface area contributed by atoms with E-state index in [9.17, 15) is 29.7 Å². The maximum absolute atomic E-state index is 12.8. The highest BCUT2D eigenvalue weighted by Gasteiger charge is 2.49. The van der Waals surface area contributed by atoms with Crippen molar-refractivity contribution in [3.8, 4) is 0 Å². The molecule has 1 saturated heterocycles. The summed E-state index contributed by atoms with van der Waals surface area (Å²) in [7, 11) is 1.63. The molecule has 10 heteroatoms. The fourth-order valence-corrected chi connectivity index (χ4v) is 3.49. The molecule has 0 radical (unpaired) electrons. The molecule has 1 aliphatic heterocycles. The highest BCUT2D eigenvalue weighted by molar-refractivity contribution is 6.08. The van der Waals surface area contributed by atoms with Crippen LogP contribution in [0.3, 0.4) is 0 Å². The molecule has 0 unspecified atom stereocenters. The number of aromatic nitrogens is 1. The number of hydrogen-bond acceptors (Lipinski definition) is 9. The molecule has 1 fully saturated rings. The van der Waals surface area contributed by atoms with Gasteiger partial charge in [-0.2, -0.15) is 0 Å². The average molecular weight is 473 g/mol. The van der Waals surface area contributed by atoms with Gasteiger partial charge in [-0.05, 0) is 19.1 Å². The summed E-state index contributed by atoms with van der Waals surface area (Å²) in [5, 5.41) is 30.2. The van der Waals surface area contributed by atoms with E-state index in [1.165, 1.54) is 6.08 Å². The molecule has 10 nitrogen and oxygen atoms in total. The zero-order valence-corrected chi connectivity index (χ0v) is 18.8. The molecule has 0 amide bonds. The maximum atomic E-state index is 12.8. The first kappa shape index (κ1) is 25.3. The first-order valence-corrected chi connectivity index (χ1v) is 10.6. The van der Waals surface area contributed by atoms with Crippen LogP contribution < -0.4 is 0 Å². The lowest BCUT2D eigenvalue weighted by Gasteiger charge is -2.38. The van der Waals surface area contributed by atoms with Gasteiger partial charge in [0.15, 0.2) is 6.10 Å². The lowest BCUT2D eigenvalue weighted by atomic mass is 9.99. The van der Waals surface area contributed by atoms with Crippen molar-refractivity contribution in [2.45, 2.75) is 44.1 Å². The molecule has 0 aliphatic carbocycles. The minimum absolute atomic E-state index is 0.161. The summed E-state index contributed by atoms with van der Waals surface area (Å²) >= 11 is 0. The lowest BCUT2D eigenvalue weighted by Crippen LogP contribution is -2.61. The number of ether oxygens (including phenoxy) is 3. The molecule has 34 heavy (non-hydrogen) atoms. The predicted molar refractivity (Wildman–Crippen MR) is 118 cm³/mol. The van der Waals surface area contributed by atoms with Crippen molar-refractivity contribution in [2.24, 2.45) is 7.05 Å². The maximum Gasteiger partial charge on any atom is 0.338 e. The second-order valence-corrected chi connectivity index (χ2v) is 7.95. The normalized spacial score (nSPS) is 24.3. The van der Waals surface area contributed by atoms with Gasteiger partial charge in [0.2, 0.25) is 12.1 Å². The van der Waals surface area contributed by atoms with Crippen LogP contribution in [0.15, 0.2) is 49.1 Å². The van der Waals surface area contributed by atoms with E-state index in [2.05, 4.69) is 6.58 Å². The van der Waals surface area contributed by atoms with Crippen molar-refractivity contribution in [3.05, 3.63) is 71.6 Å². The Kier molecular flexibility index (Phi) is 8.00. The standard InChI is InChI=1S/C24H27NO9/c1-4-11-32-23(31)22-20(29)19(28)21(30)24(34-22)33-17(26)12-15-9-10-16(25(15)3)18(27)14-7-5-13(2)6-8-14/h4-10,19-22,24,28-30H,1,11-12H2,2-3H3/t19-,20+,21+,22+,24-/m1/s1. The van der Waals surface area contributed by atoms with E-state index in [4.69, 9.17) is 14.2 Å². The molecule has 0 spiro atoms. The van der Waals surface area contributed by atoms with Gasteiger partial charge in [-0.3, -0.25) is 9.59 Å². The monoisotopic (exact) mass is 473 g/mol. The van der Waals surface area contributed by atoms with Crippen molar-refractivity contribution in [1.29, 1.82) is 0 Å². The topological polar surface area (TPSA) is 145 Å². The van der Waals surface area contributed by atoms with E-state index in [0.29, 0.717) is 17.0 Å². The van der Waals surface area contributed by atoms with Crippen molar-refractivity contribution in [1.82, 2.24) is 4.57 Å². The summed E-state index contributed by atoms with van der Waals surface area (Å²) in [5.74, 6) is -2.08. The molecule has 5 atom stereocenters. The van der Waals surface area contributed by atoms with Crippen LogP contribution in [0.25, 0.3) is 0 Å². The van der Waals surface area contributed by atoms with Crippen LogP contribution in [0, 0.1) is 6.92 Å². The number of aliphatic hydroxyl groups is 3. The Labute approximate surface area is 196 Å². The average Bonchev–Trinajstić information content (AvgIpc) is 3.17. The third-order valence-corrected chi connectivity index (χ3v) is 5.49. The summed E-state index contributed by atoms with van der Waals surface area (Å²) in [6.45, 7) is 5.15. The third-order valence-electron chi connectivity index (χ3n) is 5.49. The van der Waals surface area contributed by atoms with E-state index in [1.807, 2.05) is 19.1 Å². The van der Waals surface area contributed by atoms with Crippen LogP contribution in [-0.2, 0) is 37.3 Å². The number of hydrogen-bond donors (Lipinski definition) is 3. The number of carbonyl (C=O) groups excluding carboxylic acids is 3. The second kappa shape index (κ2) is 10.7. The molecule has 0 saturated carbocycles. The van der Waals surface area contributed by atoms with Crippen LogP contribution in [0.4, 0.5) is 0 Å². The highest BCUT2D eigenvalue weighted by atomic mass is 16.7. The van der Waals surface area contributed by atoms with Gasteiger partial charge in [0.05, 0.1) is 12.1 Å². The number of carbonyl (C=O) groups is 3. The van der Waals surface area contributed by atoms with Gasteiger partial charge in [0, 0.05) is 18.3 Å². The summed E-state index contributed by atoms with van der Waals surface area (Å²) in [6.07, 6.45) is -7.78. The Morgan fingerprint density at radius 2 is 1.74 bits per heavy atom. The van der Waals surface area contributed by atoms with Crippen LogP contribution in [0.1, 0.15) is 27.3 Å². The molecule has 1 aromatic heterocycles. The summed E-state index contributed by atoms with van der Waals surface area (Å²) in [6, 6.07) is 10.3. The summed E-state index contributed by atoms with van der Waals surface area (Å²) in [4.78, 5) is 37.4.